The first-order valence-corrected chi connectivity index (χ1v) is 6.40. The van der Waals surface area contributed by atoms with Crippen LogP contribution in [0.2, 0.25) is 0 Å². The molecular weight excluding hydrogens is 238 g/mol. The number of carbonyl (C=O) groups excluding carboxylic acids is 1. The molecule has 1 aliphatic rings. The first-order chi connectivity index (χ1) is 8.27. The Hall–Kier alpha value is -1.16. The van der Waals surface area contributed by atoms with Crippen LogP contribution in [0.15, 0.2) is 18.5 Å². The van der Waals surface area contributed by atoms with Gasteiger partial charge in [0.1, 0.15) is 0 Å². The molecule has 17 heavy (non-hydrogen) atoms. The van der Waals surface area contributed by atoms with Crippen molar-refractivity contribution < 1.29 is 4.79 Å². The molecule has 2 rings (SSSR count). The standard InChI is InChI=1S/C12H16ClN3O/c13-11-4-2-1-3-9(11)7-14-12(17)10-5-6-15-16-8-10/h5-6,8-9,11H,1-4,7H2,(H,14,17). The Morgan fingerprint density at radius 3 is 2.94 bits per heavy atom. The molecule has 4 nitrogen and oxygen atoms in total. The molecule has 0 aromatic carbocycles. The molecular formula is C12H16ClN3O. The predicted molar refractivity (Wildman–Crippen MR) is 66.0 cm³/mol. The quantitative estimate of drug-likeness (QED) is 0.839. The average molecular weight is 254 g/mol. The van der Waals surface area contributed by atoms with Crippen molar-refractivity contribution >= 4 is 17.5 Å². The summed E-state index contributed by atoms with van der Waals surface area (Å²) in [6.45, 7) is 0.648. The van der Waals surface area contributed by atoms with Gasteiger partial charge in [0.05, 0.1) is 18.0 Å². The summed E-state index contributed by atoms with van der Waals surface area (Å²) in [6.07, 6.45) is 7.55. The summed E-state index contributed by atoms with van der Waals surface area (Å²) in [6, 6.07) is 1.65. The van der Waals surface area contributed by atoms with Crippen LogP contribution in [0.4, 0.5) is 0 Å². The molecule has 1 N–H and O–H groups in total. The van der Waals surface area contributed by atoms with Crippen molar-refractivity contribution in [1.82, 2.24) is 15.5 Å². The maximum atomic E-state index is 11.8. The number of amides is 1. The fourth-order valence-electron chi connectivity index (χ4n) is 2.14. The van der Waals surface area contributed by atoms with Crippen molar-refractivity contribution in [1.29, 1.82) is 0 Å². The summed E-state index contributed by atoms with van der Waals surface area (Å²) in [4.78, 5) is 11.8. The number of aromatic nitrogens is 2. The van der Waals surface area contributed by atoms with Crippen LogP contribution in [0, 0.1) is 5.92 Å². The van der Waals surface area contributed by atoms with E-state index < -0.39 is 0 Å². The van der Waals surface area contributed by atoms with E-state index in [4.69, 9.17) is 11.6 Å². The van der Waals surface area contributed by atoms with E-state index in [0.29, 0.717) is 18.0 Å². The predicted octanol–water partition coefficient (Wildman–Crippen LogP) is 2.00. The Bertz CT molecular complexity index is 371. The van der Waals surface area contributed by atoms with Crippen LogP contribution in [0.5, 0.6) is 0 Å². The molecule has 0 saturated heterocycles. The highest BCUT2D eigenvalue weighted by Crippen LogP contribution is 2.27. The molecule has 0 spiro atoms. The molecule has 2 unspecified atom stereocenters. The summed E-state index contributed by atoms with van der Waals surface area (Å²) < 4.78 is 0. The normalized spacial score (nSPS) is 24.3. The number of hydrogen-bond acceptors (Lipinski definition) is 3. The van der Waals surface area contributed by atoms with Gasteiger partial charge < -0.3 is 5.32 Å². The van der Waals surface area contributed by atoms with Crippen molar-refractivity contribution in [2.45, 2.75) is 31.1 Å². The summed E-state index contributed by atoms with van der Waals surface area (Å²) in [7, 11) is 0. The molecule has 92 valence electrons. The van der Waals surface area contributed by atoms with Gasteiger partial charge in [-0.25, -0.2) is 0 Å². The molecule has 2 atom stereocenters. The Balaban J connectivity index is 1.84. The van der Waals surface area contributed by atoms with Gasteiger partial charge in [0.2, 0.25) is 0 Å². The van der Waals surface area contributed by atoms with Crippen LogP contribution in [-0.2, 0) is 0 Å². The summed E-state index contributed by atoms with van der Waals surface area (Å²) in [5, 5.41) is 10.4. The van der Waals surface area contributed by atoms with Gasteiger partial charge >= 0.3 is 0 Å². The van der Waals surface area contributed by atoms with E-state index in [2.05, 4.69) is 15.5 Å². The van der Waals surface area contributed by atoms with Gasteiger partial charge in [0.25, 0.3) is 5.91 Å². The van der Waals surface area contributed by atoms with Crippen molar-refractivity contribution in [2.24, 2.45) is 5.92 Å². The van der Waals surface area contributed by atoms with Gasteiger partial charge in [0.15, 0.2) is 0 Å². The fraction of sp³-hybridized carbons (Fsp3) is 0.583. The SMILES string of the molecule is O=C(NCC1CCCCC1Cl)c1ccnnc1. The third-order valence-electron chi connectivity index (χ3n) is 3.19. The molecule has 1 aromatic heterocycles. The first-order valence-electron chi connectivity index (χ1n) is 5.96. The highest BCUT2D eigenvalue weighted by Gasteiger charge is 2.23. The van der Waals surface area contributed by atoms with E-state index >= 15 is 0 Å². The van der Waals surface area contributed by atoms with E-state index in [-0.39, 0.29) is 11.3 Å². The molecule has 5 heteroatoms. The summed E-state index contributed by atoms with van der Waals surface area (Å²) in [5.41, 5.74) is 0.543. The van der Waals surface area contributed by atoms with Crippen molar-refractivity contribution in [3.63, 3.8) is 0 Å². The van der Waals surface area contributed by atoms with Gasteiger partial charge in [0, 0.05) is 11.9 Å². The Labute approximate surface area is 106 Å². The second-order valence-corrected chi connectivity index (χ2v) is 4.96. The van der Waals surface area contributed by atoms with Crippen LogP contribution < -0.4 is 5.32 Å². The van der Waals surface area contributed by atoms with Crippen LogP contribution in [-0.4, -0.2) is 28.0 Å². The molecule has 0 aliphatic heterocycles. The second-order valence-electron chi connectivity index (χ2n) is 4.40. The molecule has 1 fully saturated rings. The topological polar surface area (TPSA) is 54.9 Å². The van der Waals surface area contributed by atoms with Crippen LogP contribution in [0.3, 0.4) is 0 Å². The number of halogens is 1. The molecule has 1 amide bonds. The van der Waals surface area contributed by atoms with Gasteiger partial charge in [-0.05, 0) is 24.8 Å². The smallest absolute Gasteiger partial charge is 0.252 e. The fourth-order valence-corrected chi connectivity index (χ4v) is 2.51. The number of nitrogens with one attached hydrogen (secondary N) is 1. The largest absolute Gasteiger partial charge is 0.352 e. The summed E-state index contributed by atoms with van der Waals surface area (Å²) in [5.74, 6) is 0.290. The molecule has 0 radical (unpaired) electrons. The Morgan fingerprint density at radius 2 is 2.24 bits per heavy atom. The number of nitrogens with zero attached hydrogens (tertiary/aromatic N) is 2. The minimum Gasteiger partial charge on any atom is -0.352 e. The average Bonchev–Trinajstić information content (AvgIpc) is 2.38. The number of hydrogen-bond donors (Lipinski definition) is 1. The lowest BCUT2D eigenvalue weighted by Gasteiger charge is -2.27. The number of rotatable bonds is 3. The van der Waals surface area contributed by atoms with Gasteiger partial charge in [-0.15, -0.1) is 11.6 Å². The van der Waals surface area contributed by atoms with E-state index in [9.17, 15) is 4.79 Å². The minimum absolute atomic E-state index is 0.102. The molecule has 1 saturated carbocycles. The van der Waals surface area contributed by atoms with E-state index in [1.54, 1.807) is 6.07 Å². The van der Waals surface area contributed by atoms with Crippen molar-refractivity contribution in [3.8, 4) is 0 Å². The number of carbonyl (C=O) groups is 1. The third kappa shape index (κ3) is 3.40. The van der Waals surface area contributed by atoms with Crippen LogP contribution in [0.25, 0.3) is 0 Å². The number of alkyl halides is 1. The van der Waals surface area contributed by atoms with Gasteiger partial charge in [-0.3, -0.25) is 4.79 Å². The first kappa shape index (κ1) is 12.3. The highest BCUT2D eigenvalue weighted by molar-refractivity contribution is 6.20. The zero-order valence-corrected chi connectivity index (χ0v) is 10.4. The third-order valence-corrected chi connectivity index (χ3v) is 3.76. The zero-order valence-electron chi connectivity index (χ0n) is 9.60. The van der Waals surface area contributed by atoms with Crippen LogP contribution in [0.1, 0.15) is 36.0 Å². The molecule has 0 bridgehead atoms. The van der Waals surface area contributed by atoms with Crippen molar-refractivity contribution in [2.75, 3.05) is 6.54 Å². The Morgan fingerprint density at radius 1 is 1.41 bits per heavy atom. The van der Waals surface area contributed by atoms with E-state index in [1.807, 2.05) is 0 Å². The zero-order chi connectivity index (χ0) is 12.1. The lowest BCUT2D eigenvalue weighted by atomic mass is 9.88. The lowest BCUT2D eigenvalue weighted by molar-refractivity contribution is 0.0943. The second kappa shape index (κ2) is 5.96. The molecule has 1 aliphatic carbocycles. The highest BCUT2D eigenvalue weighted by atomic mass is 35.5. The van der Waals surface area contributed by atoms with Crippen molar-refractivity contribution in [3.05, 3.63) is 24.0 Å². The van der Waals surface area contributed by atoms with Gasteiger partial charge in [-0.1, -0.05) is 12.8 Å². The lowest BCUT2D eigenvalue weighted by Crippen LogP contribution is -2.34. The maximum absolute atomic E-state index is 11.8. The van der Waals surface area contributed by atoms with E-state index in [0.717, 1.165) is 12.8 Å². The maximum Gasteiger partial charge on any atom is 0.252 e. The van der Waals surface area contributed by atoms with Gasteiger partial charge in [-0.2, -0.15) is 10.2 Å². The van der Waals surface area contributed by atoms with E-state index in [1.165, 1.54) is 25.2 Å². The molecule has 1 heterocycles. The Kier molecular flexibility index (Phi) is 4.31. The van der Waals surface area contributed by atoms with Crippen LogP contribution >= 0.6 is 11.6 Å². The molecule has 1 aromatic rings. The minimum atomic E-state index is -0.102. The monoisotopic (exact) mass is 253 g/mol. The summed E-state index contributed by atoms with van der Waals surface area (Å²) >= 11 is 6.24.